The summed E-state index contributed by atoms with van der Waals surface area (Å²) in [7, 11) is 0. The quantitative estimate of drug-likeness (QED) is 0.388. The minimum absolute atomic E-state index is 0.0827. The number of amides is 3. The number of carbonyl (C=O) groups is 3. The zero-order chi connectivity index (χ0) is 25.8. The van der Waals surface area contributed by atoms with E-state index in [9.17, 15) is 28.9 Å². The third-order valence-corrected chi connectivity index (χ3v) is 6.56. The highest BCUT2D eigenvalue weighted by atomic mass is 32.1. The fourth-order valence-corrected chi connectivity index (χ4v) is 4.58. The van der Waals surface area contributed by atoms with Crippen molar-refractivity contribution in [3.8, 4) is 0 Å². The van der Waals surface area contributed by atoms with E-state index in [0.717, 1.165) is 17.5 Å². The van der Waals surface area contributed by atoms with Gasteiger partial charge in [0.1, 0.15) is 18.1 Å². The van der Waals surface area contributed by atoms with Gasteiger partial charge in [0.05, 0.1) is 35.9 Å². The van der Waals surface area contributed by atoms with Crippen LogP contribution < -0.4 is 20.4 Å². The minimum atomic E-state index is -0.600. The third kappa shape index (κ3) is 6.04. The number of cyclic esters (lactones) is 1. The van der Waals surface area contributed by atoms with Crippen molar-refractivity contribution in [2.45, 2.75) is 13.0 Å². The first kappa shape index (κ1) is 25.2. The summed E-state index contributed by atoms with van der Waals surface area (Å²) >= 11 is 0.785. The molecule has 0 radical (unpaired) electrons. The molecule has 0 aliphatic carbocycles. The molecule has 2 N–H and O–H groups in total. The number of benzene rings is 1. The Morgan fingerprint density at radius 1 is 1.31 bits per heavy atom. The Morgan fingerprint density at radius 2 is 2.06 bits per heavy atom. The number of piperazine rings is 1. The van der Waals surface area contributed by atoms with Gasteiger partial charge in [-0.2, -0.15) is 0 Å². The van der Waals surface area contributed by atoms with Gasteiger partial charge in [-0.05, 0) is 29.5 Å². The Hall–Kier alpha value is -3.85. The van der Waals surface area contributed by atoms with E-state index in [1.54, 1.807) is 12.1 Å². The highest BCUT2D eigenvalue weighted by Crippen LogP contribution is 2.29. The molecule has 1 aromatic heterocycles. The van der Waals surface area contributed by atoms with Crippen molar-refractivity contribution in [1.82, 2.24) is 15.2 Å². The predicted octanol–water partition coefficient (Wildman–Crippen LogP) is 1.41. The molecule has 0 bridgehead atoms. The first-order valence-electron chi connectivity index (χ1n) is 11.1. The molecule has 2 aliphatic heterocycles. The molecule has 1 unspecified atom stereocenters. The second kappa shape index (κ2) is 10.8. The highest BCUT2D eigenvalue weighted by molar-refractivity contribution is 7.18. The summed E-state index contributed by atoms with van der Waals surface area (Å²) < 4.78 is 20.2. The number of carbonyl (C=O) groups excluding carboxylic acids is 3. The lowest BCUT2D eigenvalue weighted by Gasteiger charge is -2.36. The van der Waals surface area contributed by atoms with E-state index >= 15 is 0 Å². The van der Waals surface area contributed by atoms with Gasteiger partial charge >= 0.3 is 11.1 Å². The van der Waals surface area contributed by atoms with Crippen molar-refractivity contribution in [3.63, 3.8) is 0 Å². The molecule has 13 nitrogen and oxygen atoms in total. The number of ether oxygens (including phenoxy) is 1. The fourth-order valence-electron chi connectivity index (χ4n) is 3.93. The Kier molecular flexibility index (Phi) is 7.59. The molecule has 0 saturated carbocycles. The van der Waals surface area contributed by atoms with Crippen molar-refractivity contribution in [1.29, 1.82) is 0 Å². The summed E-state index contributed by atoms with van der Waals surface area (Å²) in [5.41, 5.74) is 0.754. The number of halogens is 1. The smallest absolute Gasteiger partial charge is 0.414 e. The number of nitro groups is 1. The van der Waals surface area contributed by atoms with Crippen molar-refractivity contribution in [3.05, 3.63) is 40.3 Å². The van der Waals surface area contributed by atoms with Gasteiger partial charge in [0.25, 0.3) is 0 Å². The van der Waals surface area contributed by atoms with Gasteiger partial charge < -0.3 is 20.3 Å². The lowest BCUT2D eigenvalue weighted by molar-refractivity contribution is -0.380. The SMILES string of the molecule is CC(=O)NCC1CN(c2ccc(N3CCN(CC(=O)Nc4ncc([N+](=O)[O-])s4)CC3)c(F)c2)C(=O)O1. The third-order valence-electron chi connectivity index (χ3n) is 5.70. The number of nitrogens with zero attached hydrogens (tertiary/aromatic N) is 5. The van der Waals surface area contributed by atoms with Gasteiger partial charge in [-0.15, -0.1) is 0 Å². The van der Waals surface area contributed by atoms with Gasteiger partial charge in [0.15, 0.2) is 5.13 Å². The molecule has 2 saturated heterocycles. The number of rotatable bonds is 8. The van der Waals surface area contributed by atoms with Crippen LogP contribution in [0.2, 0.25) is 0 Å². The summed E-state index contributed by atoms with van der Waals surface area (Å²) in [5.74, 6) is -1.05. The van der Waals surface area contributed by atoms with Crippen LogP contribution in [0.15, 0.2) is 24.4 Å². The summed E-state index contributed by atoms with van der Waals surface area (Å²) in [6.45, 7) is 3.82. The fraction of sp³-hybridized carbons (Fsp3) is 0.429. The topological polar surface area (TPSA) is 150 Å². The van der Waals surface area contributed by atoms with Crippen molar-refractivity contribution >= 4 is 50.8 Å². The number of nitrogens with one attached hydrogen (secondary N) is 2. The average molecular weight is 522 g/mol. The molecular weight excluding hydrogens is 497 g/mol. The van der Waals surface area contributed by atoms with Gasteiger partial charge in [-0.3, -0.25) is 29.5 Å². The van der Waals surface area contributed by atoms with Crippen LogP contribution in [0.1, 0.15) is 6.92 Å². The summed E-state index contributed by atoms with van der Waals surface area (Å²) in [6, 6.07) is 4.54. The maximum atomic E-state index is 15.0. The number of aromatic nitrogens is 1. The molecule has 36 heavy (non-hydrogen) atoms. The molecule has 1 atom stereocenters. The predicted molar refractivity (Wildman–Crippen MR) is 129 cm³/mol. The first-order valence-corrected chi connectivity index (χ1v) is 11.9. The van der Waals surface area contributed by atoms with Crippen LogP contribution in [0.25, 0.3) is 0 Å². The molecule has 2 aliphatic rings. The summed E-state index contributed by atoms with van der Waals surface area (Å²) in [5, 5.41) is 15.9. The molecule has 3 heterocycles. The minimum Gasteiger partial charge on any atom is -0.442 e. The Morgan fingerprint density at radius 3 is 2.69 bits per heavy atom. The summed E-state index contributed by atoms with van der Waals surface area (Å²) in [4.78, 5) is 54.6. The number of anilines is 3. The summed E-state index contributed by atoms with van der Waals surface area (Å²) in [6.07, 6.45) is -0.0211. The van der Waals surface area contributed by atoms with Crippen LogP contribution in [-0.4, -0.2) is 84.6 Å². The molecule has 15 heteroatoms. The van der Waals surface area contributed by atoms with Crippen molar-refractivity contribution in [2.75, 3.05) is 60.9 Å². The number of thiazole rings is 1. The molecule has 1 aromatic carbocycles. The first-order chi connectivity index (χ1) is 17.2. The largest absolute Gasteiger partial charge is 0.442 e. The van der Waals surface area contributed by atoms with E-state index in [0.29, 0.717) is 37.6 Å². The van der Waals surface area contributed by atoms with Crippen LogP contribution in [0, 0.1) is 15.9 Å². The van der Waals surface area contributed by atoms with Crippen LogP contribution in [0.3, 0.4) is 0 Å². The van der Waals surface area contributed by atoms with E-state index in [1.807, 2.05) is 9.80 Å². The monoisotopic (exact) mass is 521 g/mol. The van der Waals surface area contributed by atoms with Gasteiger partial charge in [-0.1, -0.05) is 0 Å². The molecule has 0 spiro atoms. The number of hydrogen-bond donors (Lipinski definition) is 2. The van der Waals surface area contributed by atoms with Crippen molar-refractivity contribution < 1.29 is 28.4 Å². The Labute approximate surface area is 209 Å². The molecule has 4 rings (SSSR count). The van der Waals surface area contributed by atoms with E-state index in [-0.39, 0.29) is 41.6 Å². The average Bonchev–Trinajstić information content (AvgIpc) is 3.45. The maximum absolute atomic E-state index is 15.0. The van der Waals surface area contributed by atoms with E-state index in [1.165, 1.54) is 17.9 Å². The maximum Gasteiger partial charge on any atom is 0.414 e. The molecular formula is C21H24FN7O6S. The van der Waals surface area contributed by atoms with Gasteiger partial charge in [0, 0.05) is 33.1 Å². The van der Waals surface area contributed by atoms with Gasteiger partial charge in [-0.25, -0.2) is 14.2 Å². The van der Waals surface area contributed by atoms with E-state index in [4.69, 9.17) is 4.74 Å². The van der Waals surface area contributed by atoms with Gasteiger partial charge in [0.2, 0.25) is 11.8 Å². The standard InChI is InChI=1S/C21H24FN7O6S/c1-13(30)23-9-15-11-28(21(32)35-15)14-2-3-17(16(22)8-14)27-6-4-26(5-7-27)12-18(31)25-20-24-10-19(36-20)29(33)34/h2-3,8,10,15H,4-7,9,11-12H2,1H3,(H,23,30)(H,24,25,31). The van der Waals surface area contributed by atoms with Crippen LogP contribution in [0.5, 0.6) is 0 Å². The lowest BCUT2D eigenvalue weighted by atomic mass is 10.2. The second-order valence-corrected chi connectivity index (χ2v) is 9.27. The van der Waals surface area contributed by atoms with Crippen LogP contribution >= 0.6 is 11.3 Å². The van der Waals surface area contributed by atoms with Crippen LogP contribution in [-0.2, 0) is 14.3 Å². The normalized spacial score (nSPS) is 18.2. The van der Waals surface area contributed by atoms with E-state index < -0.39 is 22.9 Å². The molecule has 2 aromatic rings. The van der Waals surface area contributed by atoms with Crippen molar-refractivity contribution in [2.24, 2.45) is 0 Å². The molecule has 3 amide bonds. The van der Waals surface area contributed by atoms with E-state index in [2.05, 4.69) is 15.6 Å². The Bertz CT molecular complexity index is 1170. The molecule has 2 fully saturated rings. The Balaban J connectivity index is 1.28. The molecule has 192 valence electrons. The number of hydrogen-bond acceptors (Lipinski definition) is 10. The second-order valence-electron chi connectivity index (χ2n) is 8.26. The lowest BCUT2D eigenvalue weighted by Crippen LogP contribution is -2.49. The van der Waals surface area contributed by atoms with Crippen LogP contribution in [0.4, 0.5) is 30.7 Å². The zero-order valence-electron chi connectivity index (χ0n) is 19.3. The highest BCUT2D eigenvalue weighted by Gasteiger charge is 2.33. The zero-order valence-corrected chi connectivity index (χ0v) is 20.1.